The van der Waals surface area contributed by atoms with E-state index in [1.54, 1.807) is 6.07 Å². The molecule has 1 N–H and O–H groups in total. The lowest BCUT2D eigenvalue weighted by atomic mass is 10.2. The smallest absolute Gasteiger partial charge is 0.391 e. The molecular weight excluding hydrogens is 247 g/mol. The predicted molar refractivity (Wildman–Crippen MR) is 61.0 cm³/mol. The third kappa shape index (κ3) is 6.07. The number of hydrogen-bond donors (Lipinski definition) is 1. The van der Waals surface area contributed by atoms with Crippen LogP contribution < -0.4 is 5.32 Å². The molecule has 0 aliphatic carbocycles. The van der Waals surface area contributed by atoms with E-state index >= 15 is 0 Å². The van der Waals surface area contributed by atoms with Gasteiger partial charge in [0.15, 0.2) is 0 Å². The van der Waals surface area contributed by atoms with E-state index in [1.807, 2.05) is 0 Å². The van der Waals surface area contributed by atoms with Crippen molar-refractivity contribution in [2.24, 2.45) is 0 Å². The SMILES string of the molecule is CCCNCc1ccoc1COCCC(F)(F)F. The zero-order valence-corrected chi connectivity index (χ0v) is 10.3. The zero-order valence-electron chi connectivity index (χ0n) is 10.3. The third-order valence-electron chi connectivity index (χ3n) is 2.34. The summed E-state index contributed by atoms with van der Waals surface area (Å²) in [5, 5.41) is 3.20. The lowest BCUT2D eigenvalue weighted by molar-refractivity contribution is -0.146. The van der Waals surface area contributed by atoms with Crippen LogP contribution in [0.3, 0.4) is 0 Å². The van der Waals surface area contributed by atoms with Crippen molar-refractivity contribution in [3.63, 3.8) is 0 Å². The number of hydrogen-bond acceptors (Lipinski definition) is 3. The van der Waals surface area contributed by atoms with Gasteiger partial charge >= 0.3 is 6.18 Å². The van der Waals surface area contributed by atoms with Crippen LogP contribution in [0.25, 0.3) is 0 Å². The summed E-state index contributed by atoms with van der Waals surface area (Å²) in [5.41, 5.74) is 0.926. The molecule has 1 rings (SSSR count). The van der Waals surface area contributed by atoms with Crippen molar-refractivity contribution in [3.05, 3.63) is 23.7 Å². The predicted octanol–water partition coefficient (Wildman–Crippen LogP) is 3.25. The van der Waals surface area contributed by atoms with E-state index in [-0.39, 0.29) is 13.2 Å². The minimum absolute atomic E-state index is 0.0756. The lowest BCUT2D eigenvalue weighted by Gasteiger charge is -2.07. The molecule has 0 bridgehead atoms. The van der Waals surface area contributed by atoms with Gasteiger partial charge < -0.3 is 14.5 Å². The van der Waals surface area contributed by atoms with E-state index in [0.29, 0.717) is 12.3 Å². The fourth-order valence-electron chi connectivity index (χ4n) is 1.40. The van der Waals surface area contributed by atoms with E-state index in [9.17, 15) is 13.2 Å². The van der Waals surface area contributed by atoms with E-state index in [2.05, 4.69) is 12.2 Å². The zero-order chi connectivity index (χ0) is 13.4. The highest BCUT2D eigenvalue weighted by atomic mass is 19.4. The van der Waals surface area contributed by atoms with Gasteiger partial charge in [0.25, 0.3) is 0 Å². The van der Waals surface area contributed by atoms with E-state index < -0.39 is 12.6 Å². The number of furan rings is 1. The minimum Gasteiger partial charge on any atom is -0.467 e. The van der Waals surface area contributed by atoms with Crippen LogP contribution in [0.5, 0.6) is 0 Å². The highest BCUT2D eigenvalue weighted by Gasteiger charge is 2.26. The van der Waals surface area contributed by atoms with Crippen LogP contribution in [0.1, 0.15) is 31.1 Å². The monoisotopic (exact) mass is 265 g/mol. The van der Waals surface area contributed by atoms with E-state index in [0.717, 1.165) is 18.5 Å². The molecule has 1 heterocycles. The molecule has 0 spiro atoms. The topological polar surface area (TPSA) is 34.4 Å². The normalized spacial score (nSPS) is 12.0. The molecule has 0 aliphatic rings. The second kappa shape index (κ2) is 7.43. The molecule has 0 atom stereocenters. The molecule has 104 valence electrons. The molecule has 1 aromatic heterocycles. The van der Waals surface area contributed by atoms with E-state index in [4.69, 9.17) is 9.15 Å². The number of ether oxygens (including phenoxy) is 1. The number of halogens is 3. The molecule has 0 saturated heterocycles. The first-order valence-corrected chi connectivity index (χ1v) is 5.93. The molecule has 0 amide bonds. The molecule has 1 aromatic rings. The van der Waals surface area contributed by atoms with Crippen LogP contribution in [0, 0.1) is 0 Å². The Morgan fingerprint density at radius 2 is 2.17 bits per heavy atom. The standard InChI is InChI=1S/C12H18F3NO2/c1-2-5-16-8-10-3-6-18-11(10)9-17-7-4-12(13,14)15/h3,6,16H,2,4-5,7-9H2,1H3. The molecule has 18 heavy (non-hydrogen) atoms. The van der Waals surface area contributed by atoms with Crippen molar-refractivity contribution in [1.29, 1.82) is 0 Å². The third-order valence-corrected chi connectivity index (χ3v) is 2.34. The first-order valence-electron chi connectivity index (χ1n) is 5.93. The maximum Gasteiger partial charge on any atom is 0.391 e. The van der Waals surface area contributed by atoms with Gasteiger partial charge in [0.2, 0.25) is 0 Å². The number of alkyl halides is 3. The second-order valence-electron chi connectivity index (χ2n) is 3.96. The average molecular weight is 265 g/mol. The lowest BCUT2D eigenvalue weighted by Crippen LogP contribution is -2.15. The first kappa shape index (κ1) is 15.0. The fourth-order valence-corrected chi connectivity index (χ4v) is 1.40. The molecular formula is C12H18F3NO2. The molecule has 0 saturated carbocycles. The summed E-state index contributed by atoms with van der Waals surface area (Å²) in [7, 11) is 0. The summed E-state index contributed by atoms with van der Waals surface area (Å²) in [6.07, 6.45) is -2.56. The van der Waals surface area contributed by atoms with Gasteiger partial charge in [0.1, 0.15) is 12.4 Å². The Balaban J connectivity index is 2.27. The fraction of sp³-hybridized carbons (Fsp3) is 0.667. The van der Waals surface area contributed by atoms with Gasteiger partial charge in [0.05, 0.1) is 19.3 Å². The Morgan fingerprint density at radius 3 is 2.83 bits per heavy atom. The van der Waals surface area contributed by atoms with Gasteiger partial charge in [-0.15, -0.1) is 0 Å². The molecule has 0 unspecified atom stereocenters. The molecule has 3 nitrogen and oxygen atoms in total. The Bertz CT molecular complexity index is 336. The molecule has 0 radical (unpaired) electrons. The Kier molecular flexibility index (Phi) is 6.21. The number of rotatable bonds is 8. The van der Waals surface area contributed by atoms with Crippen molar-refractivity contribution in [2.75, 3.05) is 13.2 Å². The Morgan fingerprint density at radius 1 is 1.39 bits per heavy atom. The van der Waals surface area contributed by atoms with Crippen LogP contribution in [-0.4, -0.2) is 19.3 Å². The molecule has 6 heteroatoms. The Labute approximate surface area is 104 Å². The maximum absolute atomic E-state index is 11.9. The van der Waals surface area contributed by atoms with Gasteiger partial charge in [-0.2, -0.15) is 13.2 Å². The first-order chi connectivity index (χ1) is 8.53. The highest BCUT2D eigenvalue weighted by molar-refractivity contribution is 5.16. The highest BCUT2D eigenvalue weighted by Crippen LogP contribution is 2.19. The van der Waals surface area contributed by atoms with Crippen molar-refractivity contribution < 1.29 is 22.3 Å². The molecule has 0 aliphatic heterocycles. The summed E-state index contributed by atoms with van der Waals surface area (Å²) in [4.78, 5) is 0. The van der Waals surface area contributed by atoms with Crippen LogP contribution in [0.2, 0.25) is 0 Å². The van der Waals surface area contributed by atoms with Crippen LogP contribution >= 0.6 is 0 Å². The summed E-state index contributed by atoms with van der Waals surface area (Å²) < 4.78 is 45.8. The average Bonchev–Trinajstić information content (AvgIpc) is 2.71. The van der Waals surface area contributed by atoms with Gasteiger partial charge in [-0.25, -0.2) is 0 Å². The van der Waals surface area contributed by atoms with Crippen molar-refractivity contribution in [3.8, 4) is 0 Å². The quantitative estimate of drug-likeness (QED) is 0.733. The van der Waals surface area contributed by atoms with E-state index in [1.165, 1.54) is 6.26 Å². The molecule has 0 fully saturated rings. The van der Waals surface area contributed by atoms with Gasteiger partial charge in [-0.1, -0.05) is 6.92 Å². The van der Waals surface area contributed by atoms with Crippen LogP contribution in [0.4, 0.5) is 13.2 Å². The number of nitrogens with one attached hydrogen (secondary N) is 1. The van der Waals surface area contributed by atoms with Crippen LogP contribution in [0.15, 0.2) is 16.7 Å². The molecule has 0 aromatic carbocycles. The summed E-state index contributed by atoms with van der Waals surface area (Å²) in [5.74, 6) is 0.584. The van der Waals surface area contributed by atoms with Gasteiger partial charge in [0, 0.05) is 12.1 Å². The van der Waals surface area contributed by atoms with Gasteiger partial charge in [-0.3, -0.25) is 0 Å². The minimum atomic E-state index is -4.17. The maximum atomic E-state index is 11.9. The van der Waals surface area contributed by atoms with Crippen molar-refractivity contribution in [2.45, 2.75) is 39.1 Å². The van der Waals surface area contributed by atoms with Crippen molar-refractivity contribution in [1.82, 2.24) is 5.32 Å². The summed E-state index contributed by atoms with van der Waals surface area (Å²) in [6.45, 7) is 3.32. The van der Waals surface area contributed by atoms with Crippen molar-refractivity contribution >= 4 is 0 Å². The Hall–Kier alpha value is -1.01. The van der Waals surface area contributed by atoms with Crippen LogP contribution in [-0.2, 0) is 17.9 Å². The largest absolute Gasteiger partial charge is 0.467 e. The summed E-state index contributed by atoms with van der Waals surface area (Å²) in [6, 6.07) is 1.80. The summed E-state index contributed by atoms with van der Waals surface area (Å²) >= 11 is 0. The second-order valence-corrected chi connectivity index (χ2v) is 3.96. The van der Waals surface area contributed by atoms with Gasteiger partial charge in [-0.05, 0) is 19.0 Å².